The van der Waals surface area contributed by atoms with Crippen LogP contribution >= 0.6 is 0 Å². The van der Waals surface area contributed by atoms with E-state index >= 15 is 0 Å². The molecule has 1 aromatic carbocycles. The van der Waals surface area contributed by atoms with Gasteiger partial charge in [-0.15, -0.1) is 0 Å². The molecule has 146 valence electrons. The van der Waals surface area contributed by atoms with Gasteiger partial charge in [-0.1, -0.05) is 12.1 Å². The number of aromatic nitrogens is 2. The lowest BCUT2D eigenvalue weighted by atomic mass is 10.1. The average molecular weight is 378 g/mol. The zero-order valence-corrected chi connectivity index (χ0v) is 16.8. The number of aryl methyl sites for hydroxylation is 1. The van der Waals surface area contributed by atoms with Crippen molar-refractivity contribution in [2.75, 3.05) is 25.0 Å². The Balaban J connectivity index is 1.70. The number of amides is 1. The second-order valence-electron chi connectivity index (χ2n) is 7.21. The number of nitriles is 1. The molecule has 1 aromatic heterocycles. The minimum Gasteiger partial charge on any atom is -0.355 e. The van der Waals surface area contributed by atoms with Gasteiger partial charge in [0.25, 0.3) is 5.91 Å². The maximum atomic E-state index is 12.0. The Labute approximate surface area is 165 Å². The molecule has 7 nitrogen and oxygen atoms in total. The number of nitrogens with zero attached hydrogens (tertiary/aromatic N) is 4. The van der Waals surface area contributed by atoms with E-state index in [1.807, 2.05) is 38.1 Å². The molecule has 1 fully saturated rings. The molecule has 0 radical (unpaired) electrons. The number of nitrogens with one attached hydrogen (secondary N) is 2. The summed E-state index contributed by atoms with van der Waals surface area (Å²) >= 11 is 0. The van der Waals surface area contributed by atoms with E-state index in [0.29, 0.717) is 11.6 Å². The predicted molar refractivity (Wildman–Crippen MR) is 108 cm³/mol. The second kappa shape index (κ2) is 8.36. The van der Waals surface area contributed by atoms with E-state index in [0.717, 1.165) is 42.1 Å². The molecule has 1 amide bonds. The van der Waals surface area contributed by atoms with Crippen LogP contribution in [0.25, 0.3) is 0 Å². The molecule has 1 unspecified atom stereocenters. The number of rotatable bonds is 5. The minimum absolute atomic E-state index is 0.187. The van der Waals surface area contributed by atoms with Crippen LogP contribution in [0.1, 0.15) is 52.4 Å². The topological polar surface area (TPSA) is 93.9 Å². The molecule has 1 aliphatic rings. The summed E-state index contributed by atoms with van der Waals surface area (Å²) in [5.41, 5.74) is 3.66. The summed E-state index contributed by atoms with van der Waals surface area (Å²) in [7, 11) is 1.58. The van der Waals surface area contributed by atoms with E-state index in [4.69, 9.17) is 5.26 Å². The zero-order chi connectivity index (χ0) is 20.3. The van der Waals surface area contributed by atoms with E-state index in [9.17, 15) is 4.79 Å². The molecular weight excluding hydrogens is 352 g/mol. The van der Waals surface area contributed by atoms with Crippen LogP contribution in [-0.4, -0.2) is 42.1 Å². The van der Waals surface area contributed by atoms with Crippen molar-refractivity contribution in [2.45, 2.75) is 39.3 Å². The summed E-state index contributed by atoms with van der Waals surface area (Å²) in [6.45, 7) is 7.74. The van der Waals surface area contributed by atoms with Crippen LogP contribution in [0.2, 0.25) is 0 Å². The van der Waals surface area contributed by atoms with Crippen molar-refractivity contribution in [3.8, 4) is 6.07 Å². The molecule has 1 aliphatic heterocycles. The monoisotopic (exact) mass is 378 g/mol. The van der Waals surface area contributed by atoms with Gasteiger partial charge in [-0.3, -0.25) is 4.79 Å². The van der Waals surface area contributed by atoms with Gasteiger partial charge in [-0.2, -0.15) is 5.26 Å². The van der Waals surface area contributed by atoms with Crippen LogP contribution in [0.3, 0.4) is 0 Å². The first-order valence-electron chi connectivity index (χ1n) is 9.51. The number of hydrogen-bond acceptors (Lipinski definition) is 6. The highest BCUT2D eigenvalue weighted by atomic mass is 16.2. The van der Waals surface area contributed by atoms with Gasteiger partial charge < -0.3 is 15.5 Å². The van der Waals surface area contributed by atoms with Crippen molar-refractivity contribution >= 4 is 11.7 Å². The van der Waals surface area contributed by atoms with Gasteiger partial charge in [0.1, 0.15) is 5.82 Å². The van der Waals surface area contributed by atoms with Crippen molar-refractivity contribution < 1.29 is 4.79 Å². The van der Waals surface area contributed by atoms with Gasteiger partial charge >= 0.3 is 0 Å². The maximum Gasteiger partial charge on any atom is 0.288 e. The smallest absolute Gasteiger partial charge is 0.288 e. The number of benzene rings is 1. The van der Waals surface area contributed by atoms with Crippen LogP contribution in [-0.2, 0) is 0 Å². The van der Waals surface area contributed by atoms with Gasteiger partial charge in [0.15, 0.2) is 0 Å². The highest BCUT2D eigenvalue weighted by molar-refractivity contribution is 5.90. The first-order chi connectivity index (χ1) is 13.4. The zero-order valence-electron chi connectivity index (χ0n) is 16.8. The van der Waals surface area contributed by atoms with Crippen LogP contribution in [0, 0.1) is 25.2 Å². The first kappa shape index (κ1) is 19.8. The molecule has 0 spiro atoms. The fourth-order valence-corrected chi connectivity index (χ4v) is 3.52. The van der Waals surface area contributed by atoms with Crippen LogP contribution in [0.15, 0.2) is 24.3 Å². The average Bonchev–Trinajstić information content (AvgIpc) is 3.17. The molecule has 0 aliphatic carbocycles. The summed E-state index contributed by atoms with van der Waals surface area (Å²) in [6, 6.07) is 10.4. The van der Waals surface area contributed by atoms with Crippen molar-refractivity contribution in [2.24, 2.45) is 0 Å². The molecule has 0 bridgehead atoms. The van der Waals surface area contributed by atoms with E-state index in [2.05, 4.69) is 38.5 Å². The van der Waals surface area contributed by atoms with Gasteiger partial charge in [0.2, 0.25) is 5.82 Å². The summed E-state index contributed by atoms with van der Waals surface area (Å²) in [5.74, 6) is 0.775. The summed E-state index contributed by atoms with van der Waals surface area (Å²) in [6.07, 6.45) is 0.998. The Morgan fingerprint density at radius 1 is 1.29 bits per heavy atom. The van der Waals surface area contributed by atoms with Gasteiger partial charge in [0, 0.05) is 43.5 Å². The molecule has 0 saturated carbocycles. The van der Waals surface area contributed by atoms with Crippen molar-refractivity contribution in [3.05, 3.63) is 52.5 Å². The standard InChI is InChI=1S/C21H26N6O/c1-13-14(2)25-19(21(28)23-4)26-20(13)27-10-9-18(12-27)24-15(3)17-7-5-16(11-22)6-8-17/h5-8,15,18,24H,9-10,12H2,1-4H3,(H,23,28)/t15?,18-/m1/s1. The predicted octanol–water partition coefficient (Wildman–Crippen LogP) is 2.25. The van der Waals surface area contributed by atoms with Crippen LogP contribution < -0.4 is 15.5 Å². The highest BCUT2D eigenvalue weighted by Gasteiger charge is 2.27. The summed E-state index contributed by atoms with van der Waals surface area (Å²) in [5, 5.41) is 15.2. The highest BCUT2D eigenvalue weighted by Crippen LogP contribution is 2.25. The molecule has 2 aromatic rings. The van der Waals surface area contributed by atoms with Crippen molar-refractivity contribution in [1.29, 1.82) is 5.26 Å². The lowest BCUT2D eigenvalue weighted by molar-refractivity contribution is 0.0952. The second-order valence-corrected chi connectivity index (χ2v) is 7.21. The van der Waals surface area contributed by atoms with Gasteiger partial charge in [-0.05, 0) is 44.9 Å². The quantitative estimate of drug-likeness (QED) is 0.829. The fraction of sp³-hybridized carbons (Fsp3) is 0.429. The molecule has 28 heavy (non-hydrogen) atoms. The summed E-state index contributed by atoms with van der Waals surface area (Å²) in [4.78, 5) is 23.0. The molecule has 3 rings (SSSR count). The SMILES string of the molecule is CNC(=O)c1nc(C)c(C)c(N2CC[C@@H](NC(C)c3ccc(C#N)cc3)C2)n1. The Bertz CT molecular complexity index is 902. The fourth-order valence-electron chi connectivity index (χ4n) is 3.52. The largest absolute Gasteiger partial charge is 0.355 e. The third-order valence-corrected chi connectivity index (χ3v) is 5.31. The molecule has 2 N–H and O–H groups in total. The number of anilines is 1. The Hall–Kier alpha value is -2.98. The van der Waals surface area contributed by atoms with Gasteiger partial charge in [0.05, 0.1) is 11.6 Å². The number of carbonyl (C=O) groups is 1. The number of carbonyl (C=O) groups excluding carboxylic acids is 1. The van der Waals surface area contributed by atoms with Crippen LogP contribution in [0.4, 0.5) is 5.82 Å². The third kappa shape index (κ3) is 4.12. The van der Waals surface area contributed by atoms with E-state index in [1.165, 1.54) is 0 Å². The number of hydrogen-bond donors (Lipinski definition) is 2. The van der Waals surface area contributed by atoms with E-state index < -0.39 is 0 Å². The Morgan fingerprint density at radius 2 is 2.00 bits per heavy atom. The third-order valence-electron chi connectivity index (χ3n) is 5.31. The lowest BCUT2D eigenvalue weighted by Gasteiger charge is -2.23. The lowest BCUT2D eigenvalue weighted by Crippen LogP contribution is -2.35. The normalized spacial score (nSPS) is 17.2. The van der Waals surface area contributed by atoms with Crippen molar-refractivity contribution in [1.82, 2.24) is 20.6 Å². The first-order valence-corrected chi connectivity index (χ1v) is 9.51. The molecule has 7 heteroatoms. The van der Waals surface area contributed by atoms with E-state index in [-0.39, 0.29) is 17.8 Å². The summed E-state index contributed by atoms with van der Waals surface area (Å²) < 4.78 is 0. The van der Waals surface area contributed by atoms with Gasteiger partial charge in [-0.25, -0.2) is 9.97 Å². The van der Waals surface area contributed by atoms with Crippen LogP contribution in [0.5, 0.6) is 0 Å². The van der Waals surface area contributed by atoms with E-state index in [1.54, 1.807) is 7.05 Å². The molecule has 2 heterocycles. The minimum atomic E-state index is -0.271. The molecule has 1 saturated heterocycles. The molecular formula is C21H26N6O. The van der Waals surface area contributed by atoms with Crippen molar-refractivity contribution in [3.63, 3.8) is 0 Å². The Morgan fingerprint density at radius 3 is 2.64 bits per heavy atom. The molecule has 2 atom stereocenters. The maximum absolute atomic E-state index is 12.0. The Kier molecular flexibility index (Phi) is 5.90.